The fourth-order valence-electron chi connectivity index (χ4n) is 2.35. The lowest BCUT2D eigenvalue weighted by molar-refractivity contribution is 0.222. The zero-order valence-electron chi connectivity index (χ0n) is 13.7. The number of aryl methyl sites for hydroxylation is 1. The highest BCUT2D eigenvalue weighted by Crippen LogP contribution is 2.22. The van der Waals surface area contributed by atoms with E-state index in [1.54, 1.807) is 0 Å². The number of benzene rings is 1. The molecule has 0 amide bonds. The molecule has 0 aliphatic rings. The highest BCUT2D eigenvalue weighted by molar-refractivity contribution is 5.37. The smallest absolute Gasteiger partial charge is 0.122 e. The molecule has 20 heavy (non-hydrogen) atoms. The van der Waals surface area contributed by atoms with E-state index in [-0.39, 0.29) is 0 Å². The van der Waals surface area contributed by atoms with Crippen LogP contribution < -0.4 is 10.1 Å². The van der Waals surface area contributed by atoms with Crippen molar-refractivity contribution in [2.24, 2.45) is 0 Å². The molecule has 1 rings (SSSR count). The van der Waals surface area contributed by atoms with Crippen molar-refractivity contribution >= 4 is 0 Å². The van der Waals surface area contributed by atoms with Crippen molar-refractivity contribution in [3.05, 3.63) is 29.3 Å². The van der Waals surface area contributed by atoms with E-state index in [1.165, 1.54) is 11.1 Å². The molecule has 1 unspecified atom stereocenters. The summed E-state index contributed by atoms with van der Waals surface area (Å²) in [4.78, 5) is 2.37. The van der Waals surface area contributed by atoms with Gasteiger partial charge in [-0.15, -0.1) is 0 Å². The molecule has 1 aromatic carbocycles. The Bertz CT molecular complexity index is 389. The van der Waals surface area contributed by atoms with Crippen LogP contribution in [-0.2, 0) is 0 Å². The molecular weight excluding hydrogens is 248 g/mol. The van der Waals surface area contributed by atoms with E-state index in [0.717, 1.165) is 38.5 Å². The molecule has 0 aliphatic heterocycles. The first-order valence-electron chi connectivity index (χ1n) is 7.81. The van der Waals surface area contributed by atoms with Crippen LogP contribution in [0.15, 0.2) is 18.2 Å². The van der Waals surface area contributed by atoms with Crippen LogP contribution in [0, 0.1) is 6.92 Å². The van der Waals surface area contributed by atoms with Crippen LogP contribution in [0.3, 0.4) is 0 Å². The first kappa shape index (κ1) is 17.0. The fourth-order valence-corrected chi connectivity index (χ4v) is 2.35. The van der Waals surface area contributed by atoms with Crippen molar-refractivity contribution in [2.45, 2.75) is 40.7 Å². The monoisotopic (exact) mass is 278 g/mol. The van der Waals surface area contributed by atoms with Crippen molar-refractivity contribution in [3.8, 4) is 5.75 Å². The molecule has 0 saturated heterocycles. The Balaban J connectivity index is 2.55. The van der Waals surface area contributed by atoms with Crippen LogP contribution in [-0.4, -0.2) is 37.7 Å². The molecule has 0 aromatic heterocycles. The highest BCUT2D eigenvalue weighted by atomic mass is 16.5. The van der Waals surface area contributed by atoms with Gasteiger partial charge in [-0.1, -0.05) is 32.9 Å². The maximum Gasteiger partial charge on any atom is 0.122 e. The van der Waals surface area contributed by atoms with Gasteiger partial charge in [0.2, 0.25) is 0 Å². The fraction of sp³-hybridized carbons (Fsp3) is 0.647. The van der Waals surface area contributed by atoms with Crippen LogP contribution >= 0.6 is 0 Å². The Labute approximate surface area is 124 Å². The average Bonchev–Trinajstić information content (AvgIpc) is 2.45. The SMILES string of the molecule is CCNC(C)c1ccc(OCCN(CC)CC)c(C)c1. The molecule has 0 fully saturated rings. The predicted octanol–water partition coefficient (Wildman–Crippen LogP) is 3.39. The van der Waals surface area contributed by atoms with Crippen molar-refractivity contribution in [2.75, 3.05) is 32.8 Å². The normalized spacial score (nSPS) is 12.7. The van der Waals surface area contributed by atoms with Gasteiger partial charge in [-0.05, 0) is 50.7 Å². The Morgan fingerprint density at radius 3 is 2.45 bits per heavy atom. The summed E-state index contributed by atoms with van der Waals surface area (Å²) in [6.07, 6.45) is 0. The average molecular weight is 278 g/mol. The Kier molecular flexibility index (Phi) is 7.63. The predicted molar refractivity (Wildman–Crippen MR) is 86.6 cm³/mol. The second kappa shape index (κ2) is 8.98. The zero-order valence-corrected chi connectivity index (χ0v) is 13.7. The lowest BCUT2D eigenvalue weighted by Gasteiger charge is -2.19. The molecule has 1 atom stereocenters. The van der Waals surface area contributed by atoms with Gasteiger partial charge in [0.05, 0.1) is 0 Å². The van der Waals surface area contributed by atoms with Crippen molar-refractivity contribution in [1.82, 2.24) is 10.2 Å². The molecule has 0 radical (unpaired) electrons. The summed E-state index contributed by atoms with van der Waals surface area (Å²) in [6.45, 7) is 15.7. The Morgan fingerprint density at radius 1 is 1.20 bits per heavy atom. The van der Waals surface area contributed by atoms with Gasteiger partial charge in [-0.25, -0.2) is 0 Å². The summed E-state index contributed by atoms with van der Waals surface area (Å²) in [6, 6.07) is 6.87. The van der Waals surface area contributed by atoms with E-state index in [2.05, 4.69) is 63.0 Å². The molecule has 0 saturated carbocycles. The Morgan fingerprint density at radius 2 is 1.90 bits per heavy atom. The molecule has 1 aromatic rings. The van der Waals surface area contributed by atoms with E-state index in [4.69, 9.17) is 4.74 Å². The standard InChI is InChI=1S/C17H30N2O/c1-6-18-15(5)16-9-10-17(14(4)13-16)20-12-11-19(7-2)8-3/h9-10,13,15,18H,6-8,11-12H2,1-5H3. The van der Waals surface area contributed by atoms with E-state index in [1.807, 2.05) is 0 Å². The van der Waals surface area contributed by atoms with Gasteiger partial charge < -0.3 is 15.0 Å². The topological polar surface area (TPSA) is 24.5 Å². The molecule has 0 spiro atoms. The van der Waals surface area contributed by atoms with Gasteiger partial charge >= 0.3 is 0 Å². The lowest BCUT2D eigenvalue weighted by Crippen LogP contribution is -2.28. The minimum atomic E-state index is 0.392. The quantitative estimate of drug-likeness (QED) is 0.749. The van der Waals surface area contributed by atoms with Crippen LogP contribution in [0.4, 0.5) is 0 Å². The van der Waals surface area contributed by atoms with Crippen molar-refractivity contribution < 1.29 is 4.74 Å². The molecule has 0 bridgehead atoms. The first-order chi connectivity index (χ1) is 9.62. The molecule has 3 heteroatoms. The largest absolute Gasteiger partial charge is 0.492 e. The molecule has 3 nitrogen and oxygen atoms in total. The maximum atomic E-state index is 5.90. The second-order valence-electron chi connectivity index (χ2n) is 5.18. The van der Waals surface area contributed by atoms with E-state index >= 15 is 0 Å². The van der Waals surface area contributed by atoms with Gasteiger partial charge in [0.1, 0.15) is 12.4 Å². The molecular formula is C17H30N2O. The number of likely N-dealkylation sites (N-methyl/N-ethyl adjacent to an activating group) is 1. The summed E-state index contributed by atoms with van der Waals surface area (Å²) >= 11 is 0. The Hall–Kier alpha value is -1.06. The molecule has 0 aliphatic carbocycles. The van der Waals surface area contributed by atoms with Crippen molar-refractivity contribution in [1.29, 1.82) is 0 Å². The number of hydrogen-bond acceptors (Lipinski definition) is 3. The van der Waals surface area contributed by atoms with Crippen LogP contribution in [0.25, 0.3) is 0 Å². The van der Waals surface area contributed by atoms with Gasteiger partial charge in [0, 0.05) is 12.6 Å². The number of ether oxygens (including phenoxy) is 1. The summed E-state index contributed by atoms with van der Waals surface area (Å²) in [5, 5.41) is 3.43. The third-order valence-corrected chi connectivity index (χ3v) is 3.77. The number of nitrogens with zero attached hydrogens (tertiary/aromatic N) is 1. The number of nitrogens with one attached hydrogen (secondary N) is 1. The summed E-state index contributed by atoms with van der Waals surface area (Å²) in [7, 11) is 0. The number of rotatable bonds is 9. The van der Waals surface area contributed by atoms with Gasteiger partial charge in [0.25, 0.3) is 0 Å². The van der Waals surface area contributed by atoms with Gasteiger partial charge in [-0.2, -0.15) is 0 Å². The van der Waals surface area contributed by atoms with E-state index < -0.39 is 0 Å². The lowest BCUT2D eigenvalue weighted by atomic mass is 10.1. The summed E-state index contributed by atoms with van der Waals surface area (Å²) in [5.74, 6) is 1.00. The minimum Gasteiger partial charge on any atom is -0.492 e. The molecule has 0 heterocycles. The van der Waals surface area contributed by atoms with Crippen LogP contribution in [0.5, 0.6) is 5.75 Å². The second-order valence-corrected chi connectivity index (χ2v) is 5.18. The summed E-state index contributed by atoms with van der Waals surface area (Å²) in [5.41, 5.74) is 2.53. The third kappa shape index (κ3) is 5.14. The van der Waals surface area contributed by atoms with Gasteiger partial charge in [0.15, 0.2) is 0 Å². The maximum absolute atomic E-state index is 5.90. The first-order valence-corrected chi connectivity index (χ1v) is 7.81. The highest BCUT2D eigenvalue weighted by Gasteiger charge is 2.07. The molecule has 114 valence electrons. The van der Waals surface area contributed by atoms with Crippen LogP contribution in [0.2, 0.25) is 0 Å². The summed E-state index contributed by atoms with van der Waals surface area (Å²) < 4.78 is 5.90. The van der Waals surface area contributed by atoms with Crippen molar-refractivity contribution in [3.63, 3.8) is 0 Å². The van der Waals surface area contributed by atoms with E-state index in [0.29, 0.717) is 6.04 Å². The third-order valence-electron chi connectivity index (χ3n) is 3.77. The van der Waals surface area contributed by atoms with Gasteiger partial charge in [-0.3, -0.25) is 0 Å². The number of hydrogen-bond donors (Lipinski definition) is 1. The zero-order chi connectivity index (χ0) is 15.0. The van der Waals surface area contributed by atoms with Crippen LogP contribution in [0.1, 0.15) is 44.9 Å². The minimum absolute atomic E-state index is 0.392. The molecule has 1 N–H and O–H groups in total. The van der Waals surface area contributed by atoms with E-state index in [9.17, 15) is 0 Å².